The summed E-state index contributed by atoms with van der Waals surface area (Å²) in [5.41, 5.74) is 0.208. The predicted molar refractivity (Wildman–Crippen MR) is 123 cm³/mol. The average molecular weight is 484 g/mol. The molecule has 1 aromatic rings. The van der Waals surface area contributed by atoms with Crippen LogP contribution in [0.25, 0.3) is 0 Å². The van der Waals surface area contributed by atoms with Crippen LogP contribution < -0.4 is 21.3 Å². The second-order valence-electron chi connectivity index (χ2n) is 8.37. The zero-order chi connectivity index (χ0) is 25.1. The zero-order valence-corrected chi connectivity index (χ0v) is 19.7. The van der Waals surface area contributed by atoms with Crippen molar-refractivity contribution in [1.82, 2.24) is 26.2 Å². The summed E-state index contributed by atoms with van der Waals surface area (Å²) >= 11 is 0. The van der Waals surface area contributed by atoms with Crippen LogP contribution in [-0.4, -0.2) is 85.2 Å². The van der Waals surface area contributed by atoms with Crippen molar-refractivity contribution in [1.29, 1.82) is 0 Å². The van der Waals surface area contributed by atoms with Crippen molar-refractivity contribution >= 4 is 18.2 Å². The Morgan fingerprint density at radius 2 is 1.94 bits per heavy atom. The van der Waals surface area contributed by atoms with E-state index in [1.165, 1.54) is 4.90 Å². The van der Waals surface area contributed by atoms with Gasteiger partial charge in [-0.1, -0.05) is 13.8 Å². The van der Waals surface area contributed by atoms with Gasteiger partial charge in [0.05, 0.1) is 12.1 Å². The molecule has 4 atom stereocenters. The summed E-state index contributed by atoms with van der Waals surface area (Å²) in [7, 11) is 0. The number of amides is 3. The summed E-state index contributed by atoms with van der Waals surface area (Å²) < 4.78 is 27.6. The van der Waals surface area contributed by atoms with Crippen molar-refractivity contribution in [2.75, 3.05) is 32.7 Å². The minimum absolute atomic E-state index is 0.128. The Bertz CT molecular complexity index is 808. The number of benzene rings is 1. The molecule has 34 heavy (non-hydrogen) atoms. The van der Waals surface area contributed by atoms with Gasteiger partial charge < -0.3 is 31.3 Å². The first-order valence-electron chi connectivity index (χ1n) is 11.7. The van der Waals surface area contributed by atoms with E-state index >= 15 is 0 Å². The number of piperazine rings is 1. The maximum atomic E-state index is 13.8. The number of nitrogens with one attached hydrogen (secondary N) is 4. The minimum atomic E-state index is -1.39. The SMILES string of the molecule is CCCNCC(C(=O)N[C@@H](Cc1cc(F)cc(F)c1)[C@H](O)[C@@H]1NCCNC1=O)N(C=O)CCC. The smallest absolute Gasteiger partial charge is 0.244 e. The highest BCUT2D eigenvalue weighted by atomic mass is 19.1. The lowest BCUT2D eigenvalue weighted by Crippen LogP contribution is -2.64. The molecule has 1 saturated heterocycles. The van der Waals surface area contributed by atoms with E-state index in [-0.39, 0.29) is 18.5 Å². The van der Waals surface area contributed by atoms with Gasteiger partial charge in [0, 0.05) is 32.2 Å². The highest BCUT2D eigenvalue weighted by molar-refractivity contribution is 5.85. The number of hydrogen-bond donors (Lipinski definition) is 5. The molecule has 0 bridgehead atoms. The first-order valence-corrected chi connectivity index (χ1v) is 11.7. The largest absolute Gasteiger partial charge is 0.389 e. The van der Waals surface area contributed by atoms with Gasteiger partial charge in [0.2, 0.25) is 18.2 Å². The van der Waals surface area contributed by atoms with Gasteiger partial charge in [0.15, 0.2) is 0 Å². The Morgan fingerprint density at radius 1 is 1.24 bits per heavy atom. The van der Waals surface area contributed by atoms with Gasteiger partial charge in [0.1, 0.15) is 23.7 Å². The second kappa shape index (κ2) is 13.9. The second-order valence-corrected chi connectivity index (χ2v) is 8.37. The Kier molecular flexibility index (Phi) is 11.3. The Morgan fingerprint density at radius 3 is 2.53 bits per heavy atom. The molecule has 5 N–H and O–H groups in total. The zero-order valence-electron chi connectivity index (χ0n) is 19.7. The number of aliphatic hydroxyl groups is 1. The van der Waals surface area contributed by atoms with Crippen molar-refractivity contribution < 1.29 is 28.3 Å². The van der Waals surface area contributed by atoms with Crippen LogP contribution in [0.4, 0.5) is 8.78 Å². The van der Waals surface area contributed by atoms with Crippen LogP contribution >= 0.6 is 0 Å². The molecule has 2 rings (SSSR count). The van der Waals surface area contributed by atoms with Gasteiger partial charge in [0.25, 0.3) is 0 Å². The molecule has 0 radical (unpaired) electrons. The topological polar surface area (TPSA) is 123 Å². The molecule has 1 aromatic carbocycles. The van der Waals surface area contributed by atoms with Crippen LogP contribution in [0.2, 0.25) is 0 Å². The predicted octanol–water partition coefficient (Wildman–Crippen LogP) is -0.322. The molecular formula is C23H35F2N5O4. The van der Waals surface area contributed by atoms with E-state index in [2.05, 4.69) is 21.3 Å². The van der Waals surface area contributed by atoms with Gasteiger partial charge in [-0.3, -0.25) is 14.4 Å². The number of nitrogens with zero attached hydrogens (tertiary/aromatic N) is 1. The van der Waals surface area contributed by atoms with Crippen molar-refractivity contribution in [3.8, 4) is 0 Å². The number of carbonyl (C=O) groups excluding carboxylic acids is 3. The number of rotatable bonds is 14. The van der Waals surface area contributed by atoms with Crippen LogP contribution in [0.15, 0.2) is 18.2 Å². The van der Waals surface area contributed by atoms with Crippen LogP contribution in [0.1, 0.15) is 32.3 Å². The lowest BCUT2D eigenvalue weighted by atomic mass is 9.94. The molecule has 3 amide bonds. The van der Waals surface area contributed by atoms with Gasteiger partial charge in [-0.2, -0.15) is 0 Å². The first kappa shape index (κ1) is 27.6. The molecule has 9 nitrogen and oxygen atoms in total. The molecule has 0 aliphatic carbocycles. The maximum Gasteiger partial charge on any atom is 0.244 e. The highest BCUT2D eigenvalue weighted by Gasteiger charge is 2.37. The van der Waals surface area contributed by atoms with Crippen LogP contribution in [0, 0.1) is 11.6 Å². The summed E-state index contributed by atoms with van der Waals surface area (Å²) in [6.45, 7) is 5.85. The molecule has 190 valence electrons. The van der Waals surface area contributed by atoms with Gasteiger partial charge in [-0.05, 0) is 43.5 Å². The summed E-state index contributed by atoms with van der Waals surface area (Å²) in [6.07, 6.45) is 0.549. The van der Waals surface area contributed by atoms with Gasteiger partial charge >= 0.3 is 0 Å². The third-order valence-corrected chi connectivity index (χ3v) is 5.61. The third kappa shape index (κ3) is 8.00. The molecule has 1 aliphatic heterocycles. The fourth-order valence-electron chi connectivity index (χ4n) is 3.96. The van der Waals surface area contributed by atoms with Crippen LogP contribution in [0.5, 0.6) is 0 Å². The highest BCUT2D eigenvalue weighted by Crippen LogP contribution is 2.15. The normalized spacial score (nSPS) is 18.5. The fraction of sp³-hybridized carbons (Fsp3) is 0.609. The number of aliphatic hydroxyl groups excluding tert-OH is 1. The van der Waals surface area contributed by atoms with E-state index in [1.54, 1.807) is 0 Å². The van der Waals surface area contributed by atoms with E-state index in [1.807, 2.05) is 13.8 Å². The lowest BCUT2D eigenvalue weighted by Gasteiger charge is -2.35. The molecule has 0 spiro atoms. The van der Waals surface area contributed by atoms with Crippen molar-refractivity contribution in [3.63, 3.8) is 0 Å². The van der Waals surface area contributed by atoms with Gasteiger partial charge in [-0.15, -0.1) is 0 Å². The Labute approximate surface area is 198 Å². The van der Waals surface area contributed by atoms with Crippen LogP contribution in [-0.2, 0) is 20.8 Å². The molecule has 0 aromatic heterocycles. The molecule has 11 heteroatoms. The van der Waals surface area contributed by atoms with E-state index in [0.29, 0.717) is 39.0 Å². The molecule has 1 aliphatic rings. The summed E-state index contributed by atoms with van der Waals surface area (Å²) in [5, 5.41) is 22.4. The number of hydrogen-bond acceptors (Lipinski definition) is 6. The van der Waals surface area contributed by atoms with Crippen LogP contribution in [0.3, 0.4) is 0 Å². The number of carbonyl (C=O) groups is 3. The quantitative estimate of drug-likeness (QED) is 0.183. The number of halogens is 2. The Hall–Kier alpha value is -2.63. The molecule has 0 saturated carbocycles. The summed E-state index contributed by atoms with van der Waals surface area (Å²) in [6, 6.07) is 0.00435. The molecular weight excluding hydrogens is 448 g/mol. The van der Waals surface area contributed by atoms with E-state index in [4.69, 9.17) is 0 Å². The van der Waals surface area contributed by atoms with Crippen molar-refractivity contribution in [3.05, 3.63) is 35.4 Å². The molecule has 1 heterocycles. The third-order valence-electron chi connectivity index (χ3n) is 5.61. The standard InChI is InChI=1S/C23H35F2N5O4/c1-3-5-26-13-19(30(14-31)8-4-2)22(33)29-18(11-15-9-16(24)12-17(25)10-15)21(32)20-23(34)28-7-6-27-20/h9-10,12,14,18-21,26-27,32H,3-8,11,13H2,1-2H3,(H,28,34)(H,29,33)/t18-,19?,20-,21-/m0/s1. The lowest BCUT2D eigenvalue weighted by molar-refractivity contribution is -0.135. The van der Waals surface area contributed by atoms with E-state index < -0.39 is 47.7 Å². The summed E-state index contributed by atoms with van der Waals surface area (Å²) in [4.78, 5) is 38.6. The van der Waals surface area contributed by atoms with E-state index in [0.717, 1.165) is 24.6 Å². The fourth-order valence-corrected chi connectivity index (χ4v) is 3.96. The van der Waals surface area contributed by atoms with E-state index in [9.17, 15) is 28.3 Å². The maximum absolute atomic E-state index is 13.8. The first-order chi connectivity index (χ1) is 16.3. The van der Waals surface area contributed by atoms with Crippen molar-refractivity contribution in [2.45, 2.75) is 57.3 Å². The molecule has 1 fully saturated rings. The minimum Gasteiger partial charge on any atom is -0.389 e. The monoisotopic (exact) mass is 483 g/mol. The Balaban J connectivity index is 2.29. The van der Waals surface area contributed by atoms with Crippen molar-refractivity contribution in [2.24, 2.45) is 0 Å². The molecule has 1 unspecified atom stereocenters. The van der Waals surface area contributed by atoms with Gasteiger partial charge in [-0.25, -0.2) is 8.78 Å². The average Bonchev–Trinajstić information content (AvgIpc) is 2.79. The summed E-state index contributed by atoms with van der Waals surface area (Å²) in [5.74, 6) is -2.56.